The Morgan fingerprint density at radius 2 is 1.57 bits per heavy atom. The number of amides is 1. The van der Waals surface area contributed by atoms with Crippen LogP contribution >= 0.6 is 0 Å². The number of benzene rings is 1. The Morgan fingerprint density at radius 3 is 2.10 bits per heavy atom. The SMILES string of the molecule is CC1(C)OB(c2ccc(C=C3CN(C(=O)C4CCS(=O)(=O)CC4)C3)cc2)OC1(C)C. The summed E-state index contributed by atoms with van der Waals surface area (Å²) in [7, 11) is -3.31. The molecular formula is C22H30BNO5S. The second-order valence-corrected chi connectivity index (χ2v) is 12.0. The van der Waals surface area contributed by atoms with Gasteiger partial charge < -0.3 is 14.2 Å². The highest BCUT2D eigenvalue weighted by molar-refractivity contribution is 7.91. The normalized spacial score (nSPS) is 25.1. The molecule has 3 saturated heterocycles. The van der Waals surface area contributed by atoms with Gasteiger partial charge in [0.25, 0.3) is 0 Å². The van der Waals surface area contributed by atoms with E-state index >= 15 is 0 Å². The molecule has 8 heteroatoms. The van der Waals surface area contributed by atoms with E-state index in [1.165, 1.54) is 5.57 Å². The molecule has 162 valence electrons. The summed E-state index contributed by atoms with van der Waals surface area (Å²) < 4.78 is 35.3. The number of nitrogens with zero attached hydrogens (tertiary/aromatic N) is 1. The average molecular weight is 431 g/mol. The van der Waals surface area contributed by atoms with E-state index in [1.54, 1.807) is 0 Å². The fraction of sp³-hybridized carbons (Fsp3) is 0.591. The Hall–Kier alpha value is -1.64. The van der Waals surface area contributed by atoms with Gasteiger partial charge in [0.15, 0.2) is 0 Å². The van der Waals surface area contributed by atoms with E-state index in [-0.39, 0.29) is 41.7 Å². The van der Waals surface area contributed by atoms with Gasteiger partial charge in [0.05, 0.1) is 22.7 Å². The maximum absolute atomic E-state index is 12.6. The zero-order chi connectivity index (χ0) is 21.7. The smallest absolute Gasteiger partial charge is 0.399 e. The van der Waals surface area contributed by atoms with Crippen LogP contribution in [0.15, 0.2) is 29.8 Å². The summed E-state index contributed by atoms with van der Waals surface area (Å²) in [6.45, 7) is 9.43. The Morgan fingerprint density at radius 1 is 1.03 bits per heavy atom. The number of hydrogen-bond acceptors (Lipinski definition) is 5. The minimum absolute atomic E-state index is 0.0955. The average Bonchev–Trinajstić information content (AvgIpc) is 2.85. The summed E-state index contributed by atoms with van der Waals surface area (Å²) >= 11 is 0. The summed E-state index contributed by atoms with van der Waals surface area (Å²) in [6, 6.07) is 8.14. The molecule has 6 nitrogen and oxygen atoms in total. The Balaban J connectivity index is 1.32. The van der Waals surface area contributed by atoms with Crippen molar-refractivity contribution in [2.45, 2.75) is 51.7 Å². The zero-order valence-electron chi connectivity index (χ0n) is 18.2. The van der Waals surface area contributed by atoms with Crippen molar-refractivity contribution in [3.05, 3.63) is 35.4 Å². The molecule has 0 atom stereocenters. The van der Waals surface area contributed by atoms with Gasteiger partial charge in [-0.25, -0.2) is 8.42 Å². The van der Waals surface area contributed by atoms with Crippen molar-refractivity contribution in [3.63, 3.8) is 0 Å². The van der Waals surface area contributed by atoms with Gasteiger partial charge in [-0.3, -0.25) is 4.79 Å². The summed E-state index contributed by atoms with van der Waals surface area (Å²) in [5.41, 5.74) is 2.57. The van der Waals surface area contributed by atoms with E-state index in [1.807, 2.05) is 56.9 Å². The highest BCUT2D eigenvalue weighted by atomic mass is 32.2. The van der Waals surface area contributed by atoms with Crippen molar-refractivity contribution in [3.8, 4) is 0 Å². The number of carbonyl (C=O) groups excluding carboxylic acids is 1. The zero-order valence-corrected chi connectivity index (χ0v) is 19.0. The van der Waals surface area contributed by atoms with Crippen molar-refractivity contribution in [2.75, 3.05) is 24.6 Å². The van der Waals surface area contributed by atoms with E-state index in [9.17, 15) is 13.2 Å². The quantitative estimate of drug-likeness (QED) is 0.685. The first-order valence-electron chi connectivity index (χ1n) is 10.6. The first-order chi connectivity index (χ1) is 14.0. The summed E-state index contributed by atoms with van der Waals surface area (Å²) in [4.78, 5) is 14.4. The lowest BCUT2D eigenvalue weighted by Crippen LogP contribution is -2.48. The molecular weight excluding hydrogens is 401 g/mol. The van der Waals surface area contributed by atoms with Crippen LogP contribution in [-0.2, 0) is 23.9 Å². The standard InChI is InChI=1S/C22H30BNO5S/c1-21(2)22(3,4)29-23(28-21)19-7-5-16(6-8-19)13-17-14-24(15-17)20(25)18-9-11-30(26,27)12-10-18/h5-8,13,18H,9-12,14-15H2,1-4H3. The fourth-order valence-electron chi connectivity index (χ4n) is 4.05. The van der Waals surface area contributed by atoms with Gasteiger partial charge in [0, 0.05) is 19.0 Å². The van der Waals surface area contributed by atoms with Crippen LogP contribution in [0.25, 0.3) is 6.08 Å². The van der Waals surface area contributed by atoms with Gasteiger partial charge in [-0.05, 0) is 57.1 Å². The molecule has 0 bridgehead atoms. The van der Waals surface area contributed by atoms with Crippen molar-refractivity contribution in [1.82, 2.24) is 4.90 Å². The van der Waals surface area contributed by atoms with Gasteiger partial charge in [-0.2, -0.15) is 0 Å². The highest BCUT2D eigenvalue weighted by Gasteiger charge is 2.51. The lowest BCUT2D eigenvalue weighted by molar-refractivity contribution is -0.137. The van der Waals surface area contributed by atoms with Crippen LogP contribution in [0.3, 0.4) is 0 Å². The maximum Gasteiger partial charge on any atom is 0.494 e. The Bertz CT molecular complexity index is 930. The molecule has 0 aromatic heterocycles. The minimum Gasteiger partial charge on any atom is -0.399 e. The third-order valence-corrected chi connectivity index (χ3v) is 8.55. The molecule has 4 rings (SSSR count). The summed E-state index contributed by atoms with van der Waals surface area (Å²) in [5.74, 6) is 0.219. The molecule has 3 aliphatic rings. The number of rotatable bonds is 3. The second kappa shape index (κ2) is 7.50. The number of likely N-dealkylation sites (tertiary alicyclic amines) is 1. The second-order valence-electron chi connectivity index (χ2n) is 9.68. The first kappa shape index (κ1) is 21.6. The van der Waals surface area contributed by atoms with E-state index in [0.717, 1.165) is 11.0 Å². The predicted molar refractivity (Wildman–Crippen MR) is 118 cm³/mol. The highest BCUT2D eigenvalue weighted by Crippen LogP contribution is 2.36. The number of carbonyl (C=O) groups is 1. The fourth-order valence-corrected chi connectivity index (χ4v) is 5.54. The van der Waals surface area contributed by atoms with Crippen LogP contribution in [0, 0.1) is 5.92 Å². The first-order valence-corrected chi connectivity index (χ1v) is 12.4. The number of hydrogen-bond donors (Lipinski definition) is 0. The Labute approximate surface area is 179 Å². The molecule has 0 N–H and O–H groups in total. The van der Waals surface area contributed by atoms with Gasteiger partial charge in [-0.1, -0.05) is 30.3 Å². The topological polar surface area (TPSA) is 72.9 Å². The predicted octanol–water partition coefficient (Wildman–Crippen LogP) is 2.04. The Kier molecular flexibility index (Phi) is 5.40. The van der Waals surface area contributed by atoms with E-state index in [0.29, 0.717) is 25.9 Å². The van der Waals surface area contributed by atoms with Gasteiger partial charge in [0.2, 0.25) is 5.91 Å². The van der Waals surface area contributed by atoms with Gasteiger partial charge >= 0.3 is 7.12 Å². The molecule has 3 aliphatic heterocycles. The molecule has 0 spiro atoms. The van der Waals surface area contributed by atoms with E-state index < -0.39 is 9.84 Å². The van der Waals surface area contributed by atoms with Crippen molar-refractivity contribution in [1.29, 1.82) is 0 Å². The van der Waals surface area contributed by atoms with Gasteiger partial charge in [0.1, 0.15) is 9.84 Å². The van der Waals surface area contributed by atoms with Crippen LogP contribution < -0.4 is 5.46 Å². The van der Waals surface area contributed by atoms with Crippen LogP contribution in [0.5, 0.6) is 0 Å². The molecule has 1 aromatic carbocycles. The lowest BCUT2D eigenvalue weighted by Gasteiger charge is -2.37. The summed E-state index contributed by atoms with van der Waals surface area (Å²) in [5, 5.41) is 0. The van der Waals surface area contributed by atoms with E-state index in [2.05, 4.69) is 6.08 Å². The van der Waals surface area contributed by atoms with Crippen LogP contribution in [0.2, 0.25) is 0 Å². The molecule has 0 radical (unpaired) electrons. The van der Waals surface area contributed by atoms with Crippen molar-refractivity contribution in [2.24, 2.45) is 5.92 Å². The molecule has 3 heterocycles. The monoisotopic (exact) mass is 431 g/mol. The number of sulfone groups is 1. The third kappa shape index (κ3) is 4.22. The van der Waals surface area contributed by atoms with E-state index in [4.69, 9.17) is 9.31 Å². The van der Waals surface area contributed by atoms with Crippen molar-refractivity contribution < 1.29 is 22.5 Å². The molecule has 0 saturated carbocycles. The lowest BCUT2D eigenvalue weighted by atomic mass is 9.79. The van der Waals surface area contributed by atoms with Crippen LogP contribution in [0.1, 0.15) is 46.1 Å². The maximum atomic E-state index is 12.6. The van der Waals surface area contributed by atoms with Gasteiger partial charge in [-0.15, -0.1) is 0 Å². The van der Waals surface area contributed by atoms with Crippen molar-refractivity contribution >= 4 is 34.4 Å². The molecule has 1 amide bonds. The van der Waals surface area contributed by atoms with Crippen LogP contribution in [-0.4, -0.2) is 62.1 Å². The molecule has 3 fully saturated rings. The molecule has 0 aliphatic carbocycles. The summed E-state index contributed by atoms with van der Waals surface area (Å²) in [6.07, 6.45) is 3.03. The third-order valence-electron chi connectivity index (χ3n) is 6.84. The van der Waals surface area contributed by atoms with Crippen LogP contribution in [0.4, 0.5) is 0 Å². The molecule has 1 aromatic rings. The minimum atomic E-state index is -2.94. The molecule has 0 unspecified atom stereocenters. The molecule has 30 heavy (non-hydrogen) atoms. The largest absolute Gasteiger partial charge is 0.494 e.